The third kappa shape index (κ3) is 4.49. The number of oxime groups is 1. The number of hydrogen-bond acceptors (Lipinski definition) is 5. The van der Waals surface area contributed by atoms with Gasteiger partial charge in [-0.1, -0.05) is 80.3 Å². The molecule has 1 spiro atoms. The molecule has 1 aliphatic carbocycles. The van der Waals surface area contributed by atoms with Crippen molar-refractivity contribution in [2.24, 2.45) is 5.16 Å². The summed E-state index contributed by atoms with van der Waals surface area (Å²) in [6.07, 6.45) is 3.93. The fourth-order valence-electron chi connectivity index (χ4n) is 3.99. The van der Waals surface area contributed by atoms with Gasteiger partial charge in [-0.05, 0) is 36.0 Å². The fraction of sp³-hybridized carbons (Fsp3) is 0.417. The molecule has 0 aromatic heterocycles. The van der Waals surface area contributed by atoms with Crippen LogP contribution in [-0.4, -0.2) is 22.7 Å². The van der Waals surface area contributed by atoms with Crippen molar-refractivity contribution in [3.05, 3.63) is 64.7 Å². The molecule has 2 aromatic carbocycles. The molecule has 2 aromatic rings. The van der Waals surface area contributed by atoms with E-state index in [0.29, 0.717) is 16.5 Å². The predicted molar refractivity (Wildman–Crippen MR) is 122 cm³/mol. The summed E-state index contributed by atoms with van der Waals surface area (Å²) in [5, 5.41) is 9.05. The normalized spacial score (nSPS) is 17.8. The first-order valence-corrected chi connectivity index (χ1v) is 11.1. The van der Waals surface area contributed by atoms with Gasteiger partial charge in [0.15, 0.2) is 0 Å². The lowest BCUT2D eigenvalue weighted by atomic mass is 9.86. The highest BCUT2D eigenvalue weighted by Crippen LogP contribution is 2.40. The number of anilines is 1. The molecule has 1 amide bonds. The maximum absolute atomic E-state index is 12.8. The van der Waals surface area contributed by atoms with Crippen LogP contribution in [0.5, 0.6) is 0 Å². The summed E-state index contributed by atoms with van der Waals surface area (Å²) in [7, 11) is 0. The summed E-state index contributed by atoms with van der Waals surface area (Å²) in [6, 6.07) is 15.2. The Morgan fingerprint density at radius 1 is 1.10 bits per heavy atom. The van der Waals surface area contributed by atoms with Gasteiger partial charge >= 0.3 is 6.09 Å². The molecule has 0 unspecified atom stereocenters. The molecule has 164 valence electrons. The van der Waals surface area contributed by atoms with E-state index in [1.165, 1.54) is 5.56 Å². The quantitative estimate of drug-likeness (QED) is 0.594. The van der Waals surface area contributed by atoms with E-state index < -0.39 is 11.8 Å². The number of hydroxylamine groups is 2. The smallest absolute Gasteiger partial charge is 0.362 e. The highest BCUT2D eigenvalue weighted by atomic mass is 35.5. The van der Waals surface area contributed by atoms with E-state index in [4.69, 9.17) is 21.3 Å². The van der Waals surface area contributed by atoms with Crippen molar-refractivity contribution in [2.45, 2.75) is 64.0 Å². The Balaban J connectivity index is 1.59. The summed E-state index contributed by atoms with van der Waals surface area (Å²) in [5.41, 5.74) is 1.81. The van der Waals surface area contributed by atoms with Gasteiger partial charge in [-0.25, -0.2) is 4.79 Å². The van der Waals surface area contributed by atoms with Crippen molar-refractivity contribution in [3.63, 3.8) is 0 Å². The average Bonchev–Trinajstić information content (AvgIpc) is 3.07. The maximum atomic E-state index is 12.8. The molecule has 1 saturated carbocycles. The lowest BCUT2D eigenvalue weighted by molar-refractivity contribution is -0.224. The monoisotopic (exact) mass is 441 g/mol. The topological polar surface area (TPSA) is 63.2 Å². The summed E-state index contributed by atoms with van der Waals surface area (Å²) >= 11 is 6.17. The summed E-state index contributed by atoms with van der Waals surface area (Å²) in [6.45, 7) is 6.51. The van der Waals surface area contributed by atoms with Crippen LogP contribution in [0.1, 0.15) is 64.0 Å². The van der Waals surface area contributed by atoms with E-state index in [0.717, 1.165) is 37.7 Å². The van der Waals surface area contributed by atoms with Crippen molar-refractivity contribution >= 4 is 29.2 Å². The molecule has 0 bridgehead atoms. The highest BCUT2D eigenvalue weighted by molar-refractivity contribution is 6.33. The second kappa shape index (κ2) is 8.42. The highest BCUT2D eigenvalue weighted by Gasteiger charge is 2.50. The van der Waals surface area contributed by atoms with Crippen LogP contribution in [0.4, 0.5) is 10.5 Å². The zero-order valence-electron chi connectivity index (χ0n) is 18.2. The molecule has 7 heteroatoms. The van der Waals surface area contributed by atoms with Crippen LogP contribution >= 0.6 is 11.6 Å². The van der Waals surface area contributed by atoms with Gasteiger partial charge in [-0.15, -0.1) is 5.06 Å². The van der Waals surface area contributed by atoms with E-state index in [1.54, 1.807) is 29.3 Å². The number of halogens is 1. The zero-order valence-corrected chi connectivity index (χ0v) is 18.9. The number of para-hydroxylation sites is 1. The minimum absolute atomic E-state index is 0.0438. The van der Waals surface area contributed by atoms with Crippen LogP contribution in [0.25, 0.3) is 0 Å². The van der Waals surface area contributed by atoms with E-state index in [9.17, 15) is 4.79 Å². The molecule has 0 saturated heterocycles. The number of rotatable bonds is 3. The van der Waals surface area contributed by atoms with Gasteiger partial charge in [0.2, 0.25) is 11.6 Å². The molecule has 0 atom stereocenters. The number of amides is 1. The third-order valence-corrected chi connectivity index (χ3v) is 6.12. The summed E-state index contributed by atoms with van der Waals surface area (Å²) in [5.74, 6) is 0.497. The maximum Gasteiger partial charge on any atom is 0.436 e. The second-order valence-corrected chi connectivity index (χ2v) is 9.53. The molecule has 1 aliphatic heterocycles. The van der Waals surface area contributed by atoms with Crippen molar-refractivity contribution in [1.82, 2.24) is 5.06 Å². The number of nitrogens with zero attached hydrogens (tertiary/aromatic N) is 2. The Bertz CT molecular complexity index is 976. The number of carbonyl (C=O) groups is 1. The molecule has 0 radical (unpaired) electrons. The SMILES string of the molecule is CC(C)(C)c1ccc(C2=NOC3(CCCCC3)N2OC(=O)Nc2ccccc2Cl)cc1. The van der Waals surface area contributed by atoms with Crippen LogP contribution < -0.4 is 5.32 Å². The Morgan fingerprint density at radius 2 is 1.77 bits per heavy atom. The Labute approximate surface area is 188 Å². The molecule has 1 N–H and O–H groups in total. The number of benzene rings is 2. The summed E-state index contributed by atoms with van der Waals surface area (Å²) < 4.78 is 0. The van der Waals surface area contributed by atoms with E-state index in [2.05, 4.69) is 43.4 Å². The predicted octanol–water partition coefficient (Wildman–Crippen LogP) is 6.46. The van der Waals surface area contributed by atoms with Crippen molar-refractivity contribution < 1.29 is 14.5 Å². The van der Waals surface area contributed by atoms with Crippen LogP contribution in [0.15, 0.2) is 53.7 Å². The first kappa shape index (κ1) is 21.5. The molecule has 1 fully saturated rings. The number of nitrogens with one attached hydrogen (secondary N) is 1. The minimum atomic E-state index is -0.770. The molecule has 4 rings (SSSR count). The Hall–Kier alpha value is -2.73. The fourth-order valence-corrected chi connectivity index (χ4v) is 4.17. The molecule has 1 heterocycles. The molecule has 6 nitrogen and oxygen atoms in total. The molecular formula is C24H28ClN3O3. The van der Waals surface area contributed by atoms with Gasteiger partial charge in [0.05, 0.1) is 10.7 Å². The molecule has 31 heavy (non-hydrogen) atoms. The first-order valence-electron chi connectivity index (χ1n) is 10.7. The van der Waals surface area contributed by atoms with E-state index >= 15 is 0 Å². The third-order valence-electron chi connectivity index (χ3n) is 5.79. The molecule has 2 aliphatic rings. The van der Waals surface area contributed by atoms with E-state index in [-0.39, 0.29) is 5.41 Å². The van der Waals surface area contributed by atoms with Gasteiger partial charge in [-0.3, -0.25) is 5.32 Å². The largest absolute Gasteiger partial charge is 0.436 e. The van der Waals surface area contributed by atoms with Crippen LogP contribution in [0.3, 0.4) is 0 Å². The van der Waals surface area contributed by atoms with Gasteiger partial charge in [0.25, 0.3) is 0 Å². The van der Waals surface area contributed by atoms with E-state index in [1.807, 2.05) is 12.1 Å². The van der Waals surface area contributed by atoms with Crippen molar-refractivity contribution in [3.8, 4) is 0 Å². The van der Waals surface area contributed by atoms with Crippen LogP contribution in [0, 0.1) is 0 Å². The molecular weight excluding hydrogens is 414 g/mol. The minimum Gasteiger partial charge on any atom is -0.362 e. The number of carbonyl (C=O) groups excluding carboxylic acids is 1. The van der Waals surface area contributed by atoms with Gasteiger partial charge in [-0.2, -0.15) is 0 Å². The Kier molecular flexibility index (Phi) is 5.84. The standard InChI is InChI=1S/C24H28ClN3O3/c1-23(2,3)18-13-11-17(12-14-18)21-27-31-24(15-7-4-8-16-24)28(21)30-22(29)26-20-10-6-5-9-19(20)25/h5-6,9-14H,4,7-8,15-16H2,1-3H3,(H,26,29). The Morgan fingerprint density at radius 3 is 2.42 bits per heavy atom. The lowest BCUT2D eigenvalue weighted by Crippen LogP contribution is -2.51. The number of hydrogen-bond donors (Lipinski definition) is 1. The lowest BCUT2D eigenvalue weighted by Gasteiger charge is -2.37. The average molecular weight is 442 g/mol. The zero-order chi connectivity index (χ0) is 22.1. The first-order chi connectivity index (χ1) is 14.8. The van der Waals surface area contributed by atoms with Crippen molar-refractivity contribution in [2.75, 3.05) is 5.32 Å². The number of amidine groups is 1. The van der Waals surface area contributed by atoms with Crippen molar-refractivity contribution in [1.29, 1.82) is 0 Å². The second-order valence-electron chi connectivity index (χ2n) is 9.12. The van der Waals surface area contributed by atoms with Gasteiger partial charge in [0.1, 0.15) is 0 Å². The summed E-state index contributed by atoms with van der Waals surface area (Å²) in [4.78, 5) is 24.5. The van der Waals surface area contributed by atoms with Gasteiger partial charge < -0.3 is 9.68 Å². The van der Waals surface area contributed by atoms with Gasteiger partial charge in [0, 0.05) is 18.4 Å². The van der Waals surface area contributed by atoms with Crippen LogP contribution in [0.2, 0.25) is 5.02 Å². The van der Waals surface area contributed by atoms with Crippen LogP contribution in [-0.2, 0) is 15.1 Å².